The molecule has 4 rings (SSSR count). The molecule has 1 fully saturated rings. The summed E-state index contributed by atoms with van der Waals surface area (Å²) < 4.78 is 5.57. The van der Waals surface area contributed by atoms with Crippen molar-refractivity contribution in [2.45, 2.75) is 33.6 Å². The van der Waals surface area contributed by atoms with Crippen LogP contribution in [0.5, 0.6) is 0 Å². The zero-order chi connectivity index (χ0) is 21.3. The van der Waals surface area contributed by atoms with E-state index in [1.807, 2.05) is 37.3 Å². The first-order valence-electron chi connectivity index (χ1n) is 10.3. The highest BCUT2D eigenvalue weighted by molar-refractivity contribution is 7.20. The molecule has 0 bridgehead atoms. The summed E-state index contributed by atoms with van der Waals surface area (Å²) in [4.78, 5) is 25.4. The minimum absolute atomic E-state index is 0.216. The van der Waals surface area contributed by atoms with Crippen LogP contribution in [-0.2, 0) is 11.2 Å². The van der Waals surface area contributed by atoms with Crippen LogP contribution in [0.3, 0.4) is 0 Å². The topological polar surface area (TPSA) is 55.3 Å². The first-order chi connectivity index (χ1) is 14.4. The summed E-state index contributed by atoms with van der Waals surface area (Å²) in [7, 11) is 0. The summed E-state index contributed by atoms with van der Waals surface area (Å²) in [5.74, 6) is 1.69. The number of benzene rings is 1. The number of ether oxygens (including phenoxy) is 1. The molecule has 2 aromatic heterocycles. The standard InChI is InChI=1S/C23H26ClN3O2S/c1-14-11-15(2)13-27(12-14)20-18-16(3)19(30-21(18)26-23(24)25-20)22(28)29-10-9-17-7-5-4-6-8-17/h4-8,14-15H,9-13H2,1-3H3. The van der Waals surface area contributed by atoms with Gasteiger partial charge in [-0.3, -0.25) is 0 Å². The molecule has 0 spiro atoms. The lowest BCUT2D eigenvalue weighted by Gasteiger charge is -2.36. The van der Waals surface area contributed by atoms with Crippen molar-refractivity contribution in [1.29, 1.82) is 0 Å². The first-order valence-corrected chi connectivity index (χ1v) is 11.5. The van der Waals surface area contributed by atoms with E-state index in [9.17, 15) is 4.79 Å². The summed E-state index contributed by atoms with van der Waals surface area (Å²) in [6.45, 7) is 8.68. The third kappa shape index (κ3) is 4.44. The van der Waals surface area contributed by atoms with Crippen LogP contribution in [0.2, 0.25) is 5.28 Å². The highest BCUT2D eigenvalue weighted by Gasteiger charge is 2.28. The first kappa shape index (κ1) is 21.1. The molecule has 0 radical (unpaired) electrons. The molecule has 2 unspecified atom stereocenters. The van der Waals surface area contributed by atoms with Gasteiger partial charge in [0.25, 0.3) is 0 Å². The van der Waals surface area contributed by atoms with Gasteiger partial charge in [-0.2, -0.15) is 4.98 Å². The number of thiophene rings is 1. The lowest BCUT2D eigenvalue weighted by molar-refractivity contribution is 0.0514. The molecule has 0 saturated carbocycles. The molecule has 1 aromatic carbocycles. The lowest BCUT2D eigenvalue weighted by Crippen LogP contribution is -2.39. The summed E-state index contributed by atoms with van der Waals surface area (Å²) in [5.41, 5.74) is 2.02. The van der Waals surface area contributed by atoms with Crippen LogP contribution in [0, 0.1) is 18.8 Å². The van der Waals surface area contributed by atoms with Gasteiger partial charge in [0.1, 0.15) is 15.5 Å². The maximum atomic E-state index is 12.8. The molecule has 0 aliphatic carbocycles. The van der Waals surface area contributed by atoms with Gasteiger partial charge in [0.05, 0.1) is 12.0 Å². The number of carbonyl (C=O) groups excluding carboxylic acids is 1. The number of anilines is 1. The van der Waals surface area contributed by atoms with E-state index in [1.54, 1.807) is 0 Å². The Balaban J connectivity index is 1.59. The fourth-order valence-corrected chi connectivity index (χ4v) is 5.61. The van der Waals surface area contributed by atoms with Crippen molar-refractivity contribution in [2.24, 2.45) is 11.8 Å². The smallest absolute Gasteiger partial charge is 0.348 e. The second-order valence-electron chi connectivity index (χ2n) is 8.28. The fourth-order valence-electron chi connectivity index (χ4n) is 4.32. The van der Waals surface area contributed by atoms with Gasteiger partial charge in [-0.1, -0.05) is 44.2 Å². The fraction of sp³-hybridized carbons (Fsp3) is 0.435. The van der Waals surface area contributed by atoms with Crippen LogP contribution in [-0.4, -0.2) is 35.6 Å². The third-order valence-electron chi connectivity index (χ3n) is 5.56. The Labute approximate surface area is 186 Å². The highest BCUT2D eigenvalue weighted by Crippen LogP contribution is 2.38. The zero-order valence-corrected chi connectivity index (χ0v) is 19.1. The van der Waals surface area contributed by atoms with Gasteiger partial charge in [0.2, 0.25) is 5.28 Å². The van der Waals surface area contributed by atoms with E-state index in [-0.39, 0.29) is 11.3 Å². The average molecular weight is 444 g/mol. The highest BCUT2D eigenvalue weighted by atomic mass is 35.5. The normalized spacial score (nSPS) is 19.3. The van der Waals surface area contributed by atoms with E-state index in [1.165, 1.54) is 17.8 Å². The molecular weight excluding hydrogens is 418 g/mol. The largest absolute Gasteiger partial charge is 0.461 e. The van der Waals surface area contributed by atoms with Crippen LogP contribution in [0.25, 0.3) is 10.2 Å². The molecule has 30 heavy (non-hydrogen) atoms. The van der Waals surface area contributed by atoms with E-state index in [2.05, 4.69) is 28.7 Å². The van der Waals surface area contributed by atoms with Crippen molar-refractivity contribution in [3.8, 4) is 0 Å². The minimum Gasteiger partial charge on any atom is -0.461 e. The number of nitrogens with zero attached hydrogens (tertiary/aromatic N) is 3. The molecule has 1 saturated heterocycles. The second-order valence-corrected chi connectivity index (χ2v) is 9.61. The maximum absolute atomic E-state index is 12.8. The van der Waals surface area contributed by atoms with Gasteiger partial charge in [0.15, 0.2) is 0 Å². The van der Waals surface area contributed by atoms with Gasteiger partial charge in [-0.15, -0.1) is 11.3 Å². The molecule has 158 valence electrons. The Morgan fingerprint density at radius 2 is 1.90 bits per heavy atom. The second kappa shape index (κ2) is 8.90. The molecule has 1 aliphatic rings. The predicted molar refractivity (Wildman–Crippen MR) is 123 cm³/mol. The van der Waals surface area contributed by atoms with Crippen LogP contribution >= 0.6 is 22.9 Å². The van der Waals surface area contributed by atoms with E-state index >= 15 is 0 Å². The number of piperidine rings is 1. The molecule has 5 nitrogen and oxygen atoms in total. The van der Waals surface area contributed by atoms with Crippen molar-refractivity contribution in [3.63, 3.8) is 0 Å². The van der Waals surface area contributed by atoms with Crippen LogP contribution < -0.4 is 4.90 Å². The average Bonchev–Trinajstić information content (AvgIpc) is 3.03. The van der Waals surface area contributed by atoms with Crippen molar-refractivity contribution >= 4 is 44.9 Å². The Morgan fingerprint density at radius 3 is 2.60 bits per heavy atom. The van der Waals surface area contributed by atoms with Crippen LogP contribution in [0.1, 0.15) is 41.1 Å². The molecule has 1 aliphatic heterocycles. The number of rotatable bonds is 5. The summed E-state index contributed by atoms with van der Waals surface area (Å²) in [6, 6.07) is 10.0. The monoisotopic (exact) mass is 443 g/mol. The number of aryl methyl sites for hydroxylation is 1. The van der Waals surface area contributed by atoms with Crippen molar-refractivity contribution in [3.05, 3.63) is 51.6 Å². The van der Waals surface area contributed by atoms with E-state index in [0.717, 1.165) is 40.3 Å². The summed E-state index contributed by atoms with van der Waals surface area (Å²) >= 11 is 7.59. The van der Waals surface area contributed by atoms with Gasteiger partial charge in [-0.25, -0.2) is 9.78 Å². The molecule has 3 heterocycles. The third-order valence-corrected chi connectivity index (χ3v) is 6.90. The number of esters is 1. The molecule has 3 aromatic rings. The van der Waals surface area contributed by atoms with Gasteiger partial charge in [0, 0.05) is 19.5 Å². The van der Waals surface area contributed by atoms with E-state index in [0.29, 0.717) is 29.7 Å². The maximum Gasteiger partial charge on any atom is 0.348 e. The Bertz CT molecular complexity index is 1040. The summed E-state index contributed by atoms with van der Waals surface area (Å²) in [5, 5.41) is 1.13. The summed E-state index contributed by atoms with van der Waals surface area (Å²) in [6.07, 6.45) is 1.90. The number of carbonyl (C=O) groups is 1. The Morgan fingerprint density at radius 1 is 1.20 bits per heavy atom. The van der Waals surface area contributed by atoms with Crippen molar-refractivity contribution in [2.75, 3.05) is 24.6 Å². The number of hydrogen-bond acceptors (Lipinski definition) is 6. The van der Waals surface area contributed by atoms with Crippen molar-refractivity contribution < 1.29 is 9.53 Å². The van der Waals surface area contributed by atoms with E-state index in [4.69, 9.17) is 16.3 Å². The number of halogens is 1. The Kier molecular flexibility index (Phi) is 6.25. The number of aromatic nitrogens is 2. The molecule has 2 atom stereocenters. The quantitative estimate of drug-likeness (QED) is 0.383. The number of hydrogen-bond donors (Lipinski definition) is 0. The predicted octanol–water partition coefficient (Wildman–Crippen LogP) is 5.53. The molecular formula is C23H26ClN3O2S. The van der Waals surface area contributed by atoms with Gasteiger partial charge in [-0.05, 0) is 47.9 Å². The van der Waals surface area contributed by atoms with Gasteiger partial charge >= 0.3 is 5.97 Å². The molecule has 0 amide bonds. The van der Waals surface area contributed by atoms with Crippen molar-refractivity contribution in [1.82, 2.24) is 9.97 Å². The van der Waals surface area contributed by atoms with E-state index < -0.39 is 0 Å². The minimum atomic E-state index is -0.311. The Hall–Kier alpha value is -2.18. The number of fused-ring (bicyclic) bond motifs is 1. The van der Waals surface area contributed by atoms with Gasteiger partial charge < -0.3 is 9.64 Å². The SMILES string of the molecule is Cc1c(C(=O)OCCc2ccccc2)sc2nc(Cl)nc(N3CC(C)CC(C)C3)c12. The molecule has 0 N–H and O–H groups in total. The molecule has 7 heteroatoms. The van der Waals surface area contributed by atoms with Crippen LogP contribution in [0.4, 0.5) is 5.82 Å². The zero-order valence-electron chi connectivity index (χ0n) is 17.5. The lowest BCUT2D eigenvalue weighted by atomic mass is 9.92. The van der Waals surface area contributed by atoms with Crippen LogP contribution in [0.15, 0.2) is 30.3 Å².